The summed E-state index contributed by atoms with van der Waals surface area (Å²) in [6.07, 6.45) is 2.66. The third-order valence-electron chi connectivity index (χ3n) is 4.32. The fourth-order valence-electron chi connectivity index (χ4n) is 2.73. The number of methoxy groups -OCH3 is 3. The van der Waals surface area contributed by atoms with Gasteiger partial charge in [0.05, 0.1) is 13.7 Å². The van der Waals surface area contributed by atoms with Crippen LogP contribution < -0.4 is 10.1 Å². The standard InChI is InChI=1S/C21H29N3O6/c1-27-12-4-10-22-20(25)18-15-30-19(23-18)14-24(11-5-13-28-2)21(26)16-6-8-17(29-3)9-7-16/h6-9,15H,4-5,10-14H2,1-3H3,(H,22,25). The molecule has 1 heterocycles. The molecule has 2 amide bonds. The van der Waals surface area contributed by atoms with Crippen LogP contribution in [0, 0.1) is 0 Å². The number of oxazole rings is 1. The Bertz CT molecular complexity index is 790. The van der Waals surface area contributed by atoms with Crippen LogP contribution in [0.3, 0.4) is 0 Å². The van der Waals surface area contributed by atoms with Crippen LogP contribution >= 0.6 is 0 Å². The number of nitrogens with one attached hydrogen (secondary N) is 1. The number of amides is 2. The molecular formula is C21H29N3O6. The van der Waals surface area contributed by atoms with E-state index in [4.69, 9.17) is 18.6 Å². The Kier molecular flexibility index (Phi) is 9.82. The van der Waals surface area contributed by atoms with Gasteiger partial charge in [-0.05, 0) is 37.1 Å². The van der Waals surface area contributed by atoms with Crippen molar-refractivity contribution in [1.29, 1.82) is 0 Å². The Balaban J connectivity index is 2.04. The summed E-state index contributed by atoms with van der Waals surface area (Å²) in [6.45, 7) is 2.17. The van der Waals surface area contributed by atoms with Gasteiger partial charge < -0.3 is 28.8 Å². The van der Waals surface area contributed by atoms with E-state index in [1.54, 1.807) is 50.5 Å². The average molecular weight is 419 g/mol. The fraction of sp³-hybridized carbons (Fsp3) is 0.476. The second-order valence-electron chi connectivity index (χ2n) is 6.53. The highest BCUT2D eigenvalue weighted by molar-refractivity contribution is 5.94. The van der Waals surface area contributed by atoms with E-state index < -0.39 is 0 Å². The minimum atomic E-state index is -0.325. The minimum absolute atomic E-state index is 0.144. The fourth-order valence-corrected chi connectivity index (χ4v) is 2.73. The molecule has 30 heavy (non-hydrogen) atoms. The normalized spacial score (nSPS) is 10.6. The molecule has 2 aromatic rings. The van der Waals surface area contributed by atoms with Crippen molar-refractivity contribution in [2.75, 3.05) is 47.6 Å². The zero-order valence-electron chi connectivity index (χ0n) is 17.7. The molecule has 9 heteroatoms. The van der Waals surface area contributed by atoms with Crippen molar-refractivity contribution < 1.29 is 28.2 Å². The molecule has 0 radical (unpaired) electrons. The molecule has 0 spiro atoms. The third-order valence-corrected chi connectivity index (χ3v) is 4.32. The summed E-state index contributed by atoms with van der Waals surface area (Å²) in [5, 5.41) is 2.75. The number of carbonyl (C=O) groups is 2. The van der Waals surface area contributed by atoms with Crippen LogP contribution in [0.25, 0.3) is 0 Å². The van der Waals surface area contributed by atoms with E-state index in [1.807, 2.05) is 0 Å². The van der Waals surface area contributed by atoms with E-state index in [0.717, 1.165) is 0 Å². The lowest BCUT2D eigenvalue weighted by Crippen LogP contribution is -2.32. The SMILES string of the molecule is COCCCNC(=O)c1coc(CN(CCCOC)C(=O)c2ccc(OC)cc2)n1. The molecule has 1 N–H and O–H groups in total. The molecule has 0 unspecified atom stereocenters. The quantitative estimate of drug-likeness (QED) is 0.496. The maximum atomic E-state index is 13.0. The van der Waals surface area contributed by atoms with Crippen molar-refractivity contribution in [1.82, 2.24) is 15.2 Å². The predicted molar refractivity (Wildman–Crippen MR) is 110 cm³/mol. The van der Waals surface area contributed by atoms with Gasteiger partial charge in [-0.15, -0.1) is 0 Å². The summed E-state index contributed by atoms with van der Waals surface area (Å²) in [5.41, 5.74) is 0.701. The first-order valence-corrected chi connectivity index (χ1v) is 9.72. The lowest BCUT2D eigenvalue weighted by molar-refractivity contribution is 0.0708. The molecule has 0 atom stereocenters. The molecule has 0 saturated carbocycles. The number of benzene rings is 1. The van der Waals surface area contributed by atoms with E-state index in [0.29, 0.717) is 50.5 Å². The highest BCUT2D eigenvalue weighted by atomic mass is 16.5. The number of carbonyl (C=O) groups excluding carboxylic acids is 2. The van der Waals surface area contributed by atoms with Gasteiger partial charge in [-0.2, -0.15) is 0 Å². The zero-order chi connectivity index (χ0) is 21.8. The van der Waals surface area contributed by atoms with Crippen molar-refractivity contribution in [3.05, 3.63) is 47.7 Å². The molecule has 1 aromatic heterocycles. The van der Waals surface area contributed by atoms with Gasteiger partial charge in [0.15, 0.2) is 5.69 Å². The van der Waals surface area contributed by atoms with Crippen molar-refractivity contribution in [3.8, 4) is 5.75 Å². The first-order valence-electron chi connectivity index (χ1n) is 9.72. The molecule has 164 valence electrons. The van der Waals surface area contributed by atoms with Gasteiger partial charge in [-0.25, -0.2) is 4.98 Å². The lowest BCUT2D eigenvalue weighted by Gasteiger charge is -2.21. The third kappa shape index (κ3) is 7.16. The largest absolute Gasteiger partial charge is 0.497 e. The molecule has 1 aromatic carbocycles. The number of aromatic nitrogens is 1. The summed E-state index contributed by atoms with van der Waals surface area (Å²) >= 11 is 0. The Morgan fingerprint density at radius 2 is 1.77 bits per heavy atom. The summed E-state index contributed by atoms with van der Waals surface area (Å²) in [5.74, 6) is 0.466. The van der Waals surface area contributed by atoms with Gasteiger partial charge >= 0.3 is 0 Å². The van der Waals surface area contributed by atoms with Crippen LogP contribution in [-0.4, -0.2) is 69.3 Å². The van der Waals surface area contributed by atoms with Crippen LogP contribution in [0.5, 0.6) is 5.75 Å². The maximum Gasteiger partial charge on any atom is 0.273 e. The van der Waals surface area contributed by atoms with Crippen LogP contribution in [-0.2, 0) is 16.0 Å². The second-order valence-corrected chi connectivity index (χ2v) is 6.53. The topological polar surface area (TPSA) is 103 Å². The smallest absolute Gasteiger partial charge is 0.273 e. The molecule has 0 aliphatic heterocycles. The molecular weight excluding hydrogens is 390 g/mol. The minimum Gasteiger partial charge on any atom is -0.497 e. The van der Waals surface area contributed by atoms with Crippen molar-refractivity contribution in [2.45, 2.75) is 19.4 Å². The Morgan fingerprint density at radius 3 is 2.43 bits per heavy atom. The van der Waals surface area contributed by atoms with E-state index in [1.165, 1.54) is 6.26 Å². The summed E-state index contributed by atoms with van der Waals surface area (Å²) in [7, 11) is 4.79. The molecule has 9 nitrogen and oxygen atoms in total. The molecule has 0 bridgehead atoms. The summed E-state index contributed by atoms with van der Waals surface area (Å²) in [4.78, 5) is 31.0. The second kappa shape index (κ2) is 12.6. The Morgan fingerprint density at radius 1 is 1.07 bits per heavy atom. The predicted octanol–water partition coefficient (Wildman–Crippen LogP) is 2.13. The van der Waals surface area contributed by atoms with Gasteiger partial charge in [0.1, 0.15) is 12.0 Å². The Hall–Kier alpha value is -2.91. The molecule has 0 fully saturated rings. The van der Waals surface area contributed by atoms with Gasteiger partial charge in [-0.1, -0.05) is 0 Å². The first kappa shape index (κ1) is 23.4. The highest BCUT2D eigenvalue weighted by Crippen LogP contribution is 2.15. The number of hydrogen-bond acceptors (Lipinski definition) is 7. The van der Waals surface area contributed by atoms with Gasteiger partial charge in [-0.3, -0.25) is 9.59 Å². The van der Waals surface area contributed by atoms with E-state index in [-0.39, 0.29) is 29.9 Å². The van der Waals surface area contributed by atoms with E-state index in [2.05, 4.69) is 10.3 Å². The number of hydrogen-bond donors (Lipinski definition) is 1. The number of ether oxygens (including phenoxy) is 3. The highest BCUT2D eigenvalue weighted by Gasteiger charge is 2.20. The average Bonchev–Trinajstić information content (AvgIpc) is 3.24. The van der Waals surface area contributed by atoms with Crippen LogP contribution in [0.2, 0.25) is 0 Å². The summed E-state index contributed by atoms with van der Waals surface area (Å²) < 4.78 is 20.6. The van der Waals surface area contributed by atoms with Crippen molar-refractivity contribution in [3.63, 3.8) is 0 Å². The molecule has 0 aliphatic rings. The zero-order valence-corrected chi connectivity index (χ0v) is 17.7. The van der Waals surface area contributed by atoms with Gasteiger partial charge in [0.2, 0.25) is 5.89 Å². The summed E-state index contributed by atoms with van der Waals surface area (Å²) in [6, 6.07) is 6.88. The number of nitrogens with zero attached hydrogens (tertiary/aromatic N) is 2. The van der Waals surface area contributed by atoms with Gasteiger partial charge in [0, 0.05) is 46.1 Å². The first-order chi connectivity index (χ1) is 14.6. The molecule has 2 rings (SSSR count). The molecule has 0 saturated heterocycles. The van der Waals surface area contributed by atoms with Crippen LogP contribution in [0.1, 0.15) is 39.6 Å². The molecule has 0 aliphatic carbocycles. The van der Waals surface area contributed by atoms with Crippen LogP contribution in [0.4, 0.5) is 0 Å². The Labute approximate surface area is 176 Å². The van der Waals surface area contributed by atoms with Gasteiger partial charge in [0.25, 0.3) is 11.8 Å². The maximum absolute atomic E-state index is 13.0. The van der Waals surface area contributed by atoms with Crippen molar-refractivity contribution >= 4 is 11.8 Å². The van der Waals surface area contributed by atoms with E-state index >= 15 is 0 Å². The lowest BCUT2D eigenvalue weighted by atomic mass is 10.2. The van der Waals surface area contributed by atoms with Crippen LogP contribution in [0.15, 0.2) is 34.9 Å². The number of rotatable bonds is 13. The monoisotopic (exact) mass is 419 g/mol. The van der Waals surface area contributed by atoms with Crippen molar-refractivity contribution in [2.24, 2.45) is 0 Å². The van der Waals surface area contributed by atoms with E-state index in [9.17, 15) is 9.59 Å².